The average Bonchev–Trinajstić information content (AvgIpc) is 2.82. The quantitative estimate of drug-likeness (QED) is 0.468. The van der Waals surface area contributed by atoms with Gasteiger partial charge in [0.25, 0.3) is 0 Å². The highest BCUT2D eigenvalue weighted by atomic mass is 32.1. The van der Waals surface area contributed by atoms with E-state index in [1.54, 1.807) is 13.8 Å². The predicted octanol–water partition coefficient (Wildman–Crippen LogP) is 4.34. The smallest absolute Gasteiger partial charge is 0.341 e. The number of aliphatic imine (C=N–C) groups is 1. The fourth-order valence-electron chi connectivity index (χ4n) is 2.94. The van der Waals surface area contributed by atoms with Crippen molar-refractivity contribution in [2.45, 2.75) is 47.5 Å². The molecule has 1 aromatic rings. The number of hydrogen-bond acceptors (Lipinski definition) is 7. The number of aliphatic hydroxyl groups is 1. The lowest BCUT2D eigenvalue weighted by Gasteiger charge is -2.28. The zero-order chi connectivity index (χ0) is 19.6. The molecule has 0 radical (unpaired) electrons. The van der Waals surface area contributed by atoms with Gasteiger partial charge in [-0.15, -0.1) is 11.3 Å². The number of allylic oxidation sites excluding steroid dienone is 2. The zero-order valence-electron chi connectivity index (χ0n) is 15.6. The first-order valence-electron chi connectivity index (χ1n) is 8.38. The molecule has 1 heterocycles. The molecule has 1 N–H and O–H groups in total. The second-order valence-electron chi connectivity index (χ2n) is 7.07. The van der Waals surface area contributed by atoms with Gasteiger partial charge in [-0.25, -0.2) is 9.79 Å². The lowest BCUT2D eigenvalue weighted by molar-refractivity contribution is -0.117. The molecule has 6 nitrogen and oxygen atoms in total. The van der Waals surface area contributed by atoms with E-state index in [0.29, 0.717) is 28.3 Å². The molecular formula is C19H23NO5S. The van der Waals surface area contributed by atoms with E-state index in [0.717, 1.165) is 11.3 Å². The normalized spacial score (nSPS) is 17.0. The van der Waals surface area contributed by atoms with Crippen LogP contribution < -0.4 is 0 Å². The van der Waals surface area contributed by atoms with Crippen LogP contribution in [0.15, 0.2) is 16.3 Å². The highest BCUT2D eigenvalue weighted by Crippen LogP contribution is 2.38. The summed E-state index contributed by atoms with van der Waals surface area (Å²) in [6.07, 6.45) is 1.98. The van der Waals surface area contributed by atoms with E-state index in [1.807, 2.05) is 13.8 Å². The van der Waals surface area contributed by atoms with Crippen LogP contribution in [-0.2, 0) is 9.53 Å². The van der Waals surface area contributed by atoms with Crippen molar-refractivity contribution >= 4 is 40.1 Å². The molecule has 0 unspecified atom stereocenters. The molecule has 1 aromatic heterocycles. The van der Waals surface area contributed by atoms with Crippen LogP contribution in [0.2, 0.25) is 0 Å². The maximum atomic E-state index is 12.3. The number of Topliss-reactive ketones (excluding diaryl/α,β-unsaturated/α-hetero) is 2. The van der Waals surface area contributed by atoms with Gasteiger partial charge in [0, 0.05) is 19.1 Å². The number of nitrogens with zero attached hydrogens (tertiary/aromatic N) is 1. The molecule has 0 fully saturated rings. The lowest BCUT2D eigenvalue weighted by atomic mass is 9.77. The van der Waals surface area contributed by atoms with Crippen LogP contribution in [0.3, 0.4) is 0 Å². The Hall–Kier alpha value is -2.28. The summed E-state index contributed by atoms with van der Waals surface area (Å²) in [6, 6.07) is 0. The van der Waals surface area contributed by atoms with Gasteiger partial charge in [-0.2, -0.15) is 0 Å². The molecule has 0 bridgehead atoms. The summed E-state index contributed by atoms with van der Waals surface area (Å²) < 4.78 is 5.06. The number of hydrogen-bond donors (Lipinski definition) is 1. The molecule has 0 atom stereocenters. The van der Waals surface area contributed by atoms with Crippen LogP contribution in [-0.4, -0.2) is 35.5 Å². The Morgan fingerprint density at radius 2 is 2.00 bits per heavy atom. The number of ether oxygens (including phenoxy) is 1. The molecule has 0 amide bonds. The van der Waals surface area contributed by atoms with Gasteiger partial charge in [-0.3, -0.25) is 9.59 Å². The van der Waals surface area contributed by atoms with Crippen molar-refractivity contribution in [2.24, 2.45) is 10.4 Å². The minimum absolute atomic E-state index is 0.00671. The summed E-state index contributed by atoms with van der Waals surface area (Å²) in [5.74, 6) is -0.930. The number of esters is 1. The van der Waals surface area contributed by atoms with Crippen molar-refractivity contribution in [3.63, 3.8) is 0 Å². The molecule has 2 rings (SSSR count). The van der Waals surface area contributed by atoms with Gasteiger partial charge in [0.2, 0.25) is 0 Å². The van der Waals surface area contributed by atoms with Crippen LogP contribution in [0.5, 0.6) is 0 Å². The number of ketones is 2. The van der Waals surface area contributed by atoms with Crippen molar-refractivity contribution in [3.05, 3.63) is 27.3 Å². The monoisotopic (exact) mass is 377 g/mol. The minimum Gasteiger partial charge on any atom is -0.511 e. The zero-order valence-corrected chi connectivity index (χ0v) is 16.5. The summed E-state index contributed by atoms with van der Waals surface area (Å²) in [4.78, 5) is 41.0. The average molecular weight is 377 g/mol. The molecule has 140 valence electrons. The summed E-state index contributed by atoms with van der Waals surface area (Å²) in [5, 5.41) is 10.5. The largest absolute Gasteiger partial charge is 0.511 e. The summed E-state index contributed by atoms with van der Waals surface area (Å²) >= 11 is 1.08. The Kier molecular flexibility index (Phi) is 5.81. The van der Waals surface area contributed by atoms with Gasteiger partial charge in [0.05, 0.1) is 22.6 Å². The fraction of sp³-hybridized carbons (Fsp3) is 0.474. The van der Waals surface area contributed by atoms with Crippen LogP contribution in [0.1, 0.15) is 66.1 Å². The van der Waals surface area contributed by atoms with E-state index >= 15 is 0 Å². The third-order valence-electron chi connectivity index (χ3n) is 4.13. The molecule has 0 saturated heterocycles. The SMILES string of the molecule is CCOC(=O)c1c(/N=C/C2=C(O)CC(C)(C)CC2=O)sc(C(C)=O)c1C. The predicted molar refractivity (Wildman–Crippen MR) is 101 cm³/mol. The molecule has 1 aliphatic carbocycles. The Morgan fingerprint density at radius 1 is 1.35 bits per heavy atom. The molecule has 7 heteroatoms. The van der Waals surface area contributed by atoms with E-state index in [2.05, 4.69) is 4.99 Å². The first-order chi connectivity index (χ1) is 12.1. The number of rotatable bonds is 5. The summed E-state index contributed by atoms with van der Waals surface area (Å²) in [6.45, 7) is 8.81. The maximum Gasteiger partial charge on any atom is 0.341 e. The third-order valence-corrected chi connectivity index (χ3v) is 5.44. The van der Waals surface area contributed by atoms with Crippen molar-refractivity contribution in [1.82, 2.24) is 0 Å². The van der Waals surface area contributed by atoms with Crippen LogP contribution in [0, 0.1) is 12.3 Å². The number of aliphatic hydroxyl groups excluding tert-OH is 1. The Balaban J connectivity index is 2.47. The van der Waals surface area contributed by atoms with E-state index in [4.69, 9.17) is 4.74 Å². The molecule has 0 aromatic carbocycles. The lowest BCUT2D eigenvalue weighted by Crippen LogP contribution is -2.26. The molecule has 26 heavy (non-hydrogen) atoms. The van der Waals surface area contributed by atoms with E-state index in [9.17, 15) is 19.5 Å². The van der Waals surface area contributed by atoms with Gasteiger partial charge < -0.3 is 9.84 Å². The summed E-state index contributed by atoms with van der Waals surface area (Å²) in [7, 11) is 0. The maximum absolute atomic E-state index is 12.3. The molecule has 0 aliphatic heterocycles. The standard InChI is InChI=1S/C19H23NO5S/c1-6-25-18(24)15-10(2)16(11(3)21)26-17(15)20-9-12-13(22)7-19(4,5)8-14(12)23/h9,22H,6-8H2,1-5H3/b20-9+. The molecule has 0 saturated carbocycles. The van der Waals surface area contributed by atoms with Gasteiger partial charge in [-0.05, 0) is 31.7 Å². The van der Waals surface area contributed by atoms with Gasteiger partial charge >= 0.3 is 5.97 Å². The second-order valence-corrected chi connectivity index (χ2v) is 8.07. The summed E-state index contributed by atoms with van der Waals surface area (Å²) in [5.41, 5.74) is 0.592. The number of carbonyl (C=O) groups is 3. The van der Waals surface area contributed by atoms with Crippen LogP contribution in [0.4, 0.5) is 5.00 Å². The van der Waals surface area contributed by atoms with Crippen LogP contribution >= 0.6 is 11.3 Å². The topological polar surface area (TPSA) is 93.0 Å². The van der Waals surface area contributed by atoms with E-state index < -0.39 is 5.97 Å². The number of thiophene rings is 1. The highest BCUT2D eigenvalue weighted by molar-refractivity contribution is 7.18. The second kappa shape index (κ2) is 7.53. The fourth-order valence-corrected chi connectivity index (χ4v) is 3.98. The van der Waals surface area contributed by atoms with Gasteiger partial charge in [0.15, 0.2) is 11.6 Å². The van der Waals surface area contributed by atoms with Crippen LogP contribution in [0.25, 0.3) is 0 Å². The Labute approximate surface area is 156 Å². The molecule has 1 aliphatic rings. The van der Waals surface area contributed by atoms with Gasteiger partial charge in [0.1, 0.15) is 10.8 Å². The Morgan fingerprint density at radius 3 is 2.54 bits per heavy atom. The van der Waals surface area contributed by atoms with E-state index in [-0.39, 0.29) is 40.5 Å². The van der Waals surface area contributed by atoms with E-state index in [1.165, 1.54) is 13.1 Å². The highest BCUT2D eigenvalue weighted by Gasteiger charge is 2.32. The first-order valence-corrected chi connectivity index (χ1v) is 9.20. The van der Waals surface area contributed by atoms with Gasteiger partial charge in [-0.1, -0.05) is 13.8 Å². The van der Waals surface area contributed by atoms with Crippen molar-refractivity contribution in [2.75, 3.05) is 6.61 Å². The minimum atomic E-state index is -0.560. The van der Waals surface area contributed by atoms with Crippen molar-refractivity contribution in [1.29, 1.82) is 0 Å². The molecule has 0 spiro atoms. The molecular weight excluding hydrogens is 354 g/mol. The van der Waals surface area contributed by atoms with Crippen molar-refractivity contribution in [3.8, 4) is 0 Å². The third kappa shape index (κ3) is 4.09. The first kappa shape index (κ1) is 20.0. The van der Waals surface area contributed by atoms with Crippen molar-refractivity contribution < 1.29 is 24.2 Å². The number of carbonyl (C=O) groups excluding carboxylic acids is 3. The Bertz CT molecular complexity index is 829.